The zero-order valence-corrected chi connectivity index (χ0v) is 19.6. The number of aryl methyl sites for hydroxylation is 1. The maximum Gasteiger partial charge on any atom is 0.293 e. The third kappa shape index (κ3) is 4.63. The molecule has 0 unspecified atom stereocenters. The standard InChI is InChI=1S/C27H24N4O5/c1-17-14-20(9-10-21(17)29-27(33)25-16-18-6-2-3-7-24(18)36-25)28-26(32)19-8-11-22(23(15-19)31(34)35)30-12-4-5-13-30/h2-3,6-11,14-16H,4-5,12-13H2,1H3,(H,28,32)(H,29,33). The van der Waals surface area contributed by atoms with E-state index in [0.29, 0.717) is 22.6 Å². The van der Waals surface area contributed by atoms with Gasteiger partial charge in [0.1, 0.15) is 11.3 Å². The Hall–Kier alpha value is -4.66. The van der Waals surface area contributed by atoms with Gasteiger partial charge in [0.25, 0.3) is 17.5 Å². The Morgan fingerprint density at radius 2 is 1.72 bits per heavy atom. The van der Waals surface area contributed by atoms with Crippen molar-refractivity contribution in [2.45, 2.75) is 19.8 Å². The van der Waals surface area contributed by atoms with Gasteiger partial charge in [0, 0.05) is 41.5 Å². The zero-order chi connectivity index (χ0) is 25.2. The van der Waals surface area contributed by atoms with Crippen molar-refractivity contribution in [1.29, 1.82) is 0 Å². The summed E-state index contributed by atoms with van der Waals surface area (Å²) in [7, 11) is 0. The normalized spacial score (nSPS) is 13.1. The van der Waals surface area contributed by atoms with E-state index in [4.69, 9.17) is 4.42 Å². The molecule has 0 atom stereocenters. The van der Waals surface area contributed by atoms with Crippen molar-refractivity contribution < 1.29 is 18.9 Å². The minimum Gasteiger partial charge on any atom is -0.451 e. The first kappa shape index (κ1) is 23.1. The van der Waals surface area contributed by atoms with Crippen LogP contribution in [-0.4, -0.2) is 29.8 Å². The summed E-state index contributed by atoms with van der Waals surface area (Å²) in [5.74, 6) is -0.632. The number of furan rings is 1. The van der Waals surface area contributed by atoms with Crippen LogP contribution in [0.5, 0.6) is 0 Å². The number of fused-ring (bicyclic) bond motifs is 1. The van der Waals surface area contributed by atoms with E-state index in [1.807, 2.05) is 23.1 Å². The van der Waals surface area contributed by atoms with Crippen LogP contribution in [0.2, 0.25) is 0 Å². The van der Waals surface area contributed by atoms with E-state index in [9.17, 15) is 19.7 Å². The molecule has 2 N–H and O–H groups in total. The van der Waals surface area contributed by atoms with E-state index >= 15 is 0 Å². The average Bonchev–Trinajstić information content (AvgIpc) is 3.55. The lowest BCUT2D eigenvalue weighted by Gasteiger charge is -2.18. The number of carbonyl (C=O) groups is 2. The molecule has 36 heavy (non-hydrogen) atoms. The number of nitrogens with zero attached hydrogens (tertiary/aromatic N) is 2. The second-order valence-electron chi connectivity index (χ2n) is 8.74. The third-order valence-corrected chi connectivity index (χ3v) is 6.26. The lowest BCUT2D eigenvalue weighted by Crippen LogP contribution is -2.20. The third-order valence-electron chi connectivity index (χ3n) is 6.26. The lowest BCUT2D eigenvalue weighted by atomic mass is 10.1. The van der Waals surface area contributed by atoms with Crippen molar-refractivity contribution in [1.82, 2.24) is 0 Å². The lowest BCUT2D eigenvalue weighted by molar-refractivity contribution is -0.384. The molecule has 0 saturated carbocycles. The number of carbonyl (C=O) groups excluding carboxylic acids is 2. The zero-order valence-electron chi connectivity index (χ0n) is 19.6. The summed E-state index contributed by atoms with van der Waals surface area (Å²) in [4.78, 5) is 38.7. The van der Waals surface area contributed by atoms with Crippen LogP contribution in [0.4, 0.5) is 22.7 Å². The molecule has 1 aliphatic rings. The van der Waals surface area contributed by atoms with Crippen LogP contribution in [-0.2, 0) is 0 Å². The molecule has 2 amide bonds. The molecule has 0 bridgehead atoms. The quantitative estimate of drug-likeness (QED) is 0.266. The topological polar surface area (TPSA) is 118 Å². The molecule has 0 spiro atoms. The molecule has 9 heteroatoms. The highest BCUT2D eigenvalue weighted by Gasteiger charge is 2.24. The molecule has 9 nitrogen and oxygen atoms in total. The molecule has 4 aromatic rings. The van der Waals surface area contributed by atoms with Crippen LogP contribution in [0, 0.1) is 17.0 Å². The van der Waals surface area contributed by atoms with Gasteiger partial charge < -0.3 is 20.0 Å². The van der Waals surface area contributed by atoms with Gasteiger partial charge in [-0.25, -0.2) is 0 Å². The largest absolute Gasteiger partial charge is 0.451 e. The molecule has 0 radical (unpaired) electrons. The van der Waals surface area contributed by atoms with Gasteiger partial charge >= 0.3 is 0 Å². The molecule has 182 valence electrons. The van der Waals surface area contributed by atoms with Gasteiger partial charge in [0.05, 0.1) is 4.92 Å². The fourth-order valence-corrected chi connectivity index (χ4v) is 4.40. The Kier molecular flexibility index (Phi) is 6.12. The maximum absolute atomic E-state index is 12.8. The minimum atomic E-state index is -0.454. The first-order valence-corrected chi connectivity index (χ1v) is 11.6. The van der Waals surface area contributed by atoms with Crippen LogP contribution < -0.4 is 15.5 Å². The molecule has 2 heterocycles. The number of benzene rings is 3. The van der Waals surface area contributed by atoms with Crippen LogP contribution in [0.1, 0.15) is 39.3 Å². The van der Waals surface area contributed by atoms with Gasteiger partial charge in [-0.15, -0.1) is 0 Å². The fourth-order valence-electron chi connectivity index (χ4n) is 4.40. The van der Waals surface area contributed by atoms with E-state index in [1.165, 1.54) is 6.07 Å². The second-order valence-corrected chi connectivity index (χ2v) is 8.74. The summed E-state index contributed by atoms with van der Waals surface area (Å²) < 4.78 is 5.61. The van der Waals surface area contributed by atoms with Crippen molar-refractivity contribution >= 4 is 45.5 Å². The Morgan fingerprint density at radius 3 is 2.44 bits per heavy atom. The second kappa shape index (κ2) is 9.53. The summed E-state index contributed by atoms with van der Waals surface area (Å²) >= 11 is 0. The summed E-state index contributed by atoms with van der Waals surface area (Å²) in [6.45, 7) is 3.34. The van der Waals surface area contributed by atoms with Crippen molar-refractivity contribution in [3.8, 4) is 0 Å². The summed E-state index contributed by atoms with van der Waals surface area (Å²) in [6, 6.07) is 18.7. The van der Waals surface area contributed by atoms with Crippen LogP contribution >= 0.6 is 0 Å². The number of nitro groups is 1. The van der Waals surface area contributed by atoms with Crippen molar-refractivity contribution in [2.75, 3.05) is 28.6 Å². The molecule has 1 aliphatic heterocycles. The predicted molar refractivity (Wildman–Crippen MR) is 138 cm³/mol. The molecule has 1 aromatic heterocycles. The van der Waals surface area contributed by atoms with Gasteiger partial charge in [-0.05, 0) is 67.8 Å². The van der Waals surface area contributed by atoms with Crippen LogP contribution in [0.15, 0.2) is 71.1 Å². The summed E-state index contributed by atoms with van der Waals surface area (Å²) in [5.41, 5.74) is 3.09. The first-order valence-electron chi connectivity index (χ1n) is 11.6. The number of nitrogens with one attached hydrogen (secondary N) is 2. The minimum absolute atomic E-state index is 0.0793. The Morgan fingerprint density at radius 1 is 0.944 bits per heavy atom. The van der Waals surface area contributed by atoms with E-state index in [0.717, 1.165) is 36.9 Å². The van der Waals surface area contributed by atoms with Gasteiger partial charge in [-0.3, -0.25) is 19.7 Å². The molecular formula is C27H24N4O5. The highest BCUT2D eigenvalue weighted by molar-refractivity contribution is 6.06. The number of hydrogen-bond donors (Lipinski definition) is 2. The van der Waals surface area contributed by atoms with Crippen LogP contribution in [0.3, 0.4) is 0 Å². The monoisotopic (exact) mass is 484 g/mol. The Bertz CT molecular complexity index is 1450. The number of hydrogen-bond acceptors (Lipinski definition) is 6. The van der Waals surface area contributed by atoms with Crippen molar-refractivity contribution in [3.63, 3.8) is 0 Å². The Balaban J connectivity index is 1.29. The molecule has 0 aliphatic carbocycles. The van der Waals surface area contributed by atoms with E-state index in [-0.39, 0.29) is 22.9 Å². The van der Waals surface area contributed by atoms with E-state index < -0.39 is 10.8 Å². The maximum atomic E-state index is 12.8. The van der Waals surface area contributed by atoms with Gasteiger partial charge in [0.2, 0.25) is 0 Å². The number of amides is 2. The highest BCUT2D eigenvalue weighted by Crippen LogP contribution is 2.32. The predicted octanol–water partition coefficient (Wildman–Crippen LogP) is 5.75. The SMILES string of the molecule is Cc1cc(NC(=O)c2ccc(N3CCCC3)c([N+](=O)[O-])c2)ccc1NC(=O)c1cc2ccccc2o1. The number of anilines is 3. The van der Waals surface area contributed by atoms with Crippen molar-refractivity contribution in [3.05, 3.63) is 93.7 Å². The molecule has 1 fully saturated rings. The average molecular weight is 485 g/mol. The highest BCUT2D eigenvalue weighted by atomic mass is 16.6. The molecular weight excluding hydrogens is 460 g/mol. The van der Waals surface area contributed by atoms with Crippen molar-refractivity contribution in [2.24, 2.45) is 0 Å². The van der Waals surface area contributed by atoms with Gasteiger partial charge in [-0.1, -0.05) is 18.2 Å². The number of nitro benzene ring substituents is 1. The smallest absolute Gasteiger partial charge is 0.293 e. The summed E-state index contributed by atoms with van der Waals surface area (Å²) in [5, 5.41) is 18.1. The number of para-hydroxylation sites is 1. The molecule has 3 aromatic carbocycles. The molecule has 1 saturated heterocycles. The first-order chi connectivity index (χ1) is 17.4. The van der Waals surface area contributed by atoms with Gasteiger partial charge in [0.15, 0.2) is 5.76 Å². The number of rotatable bonds is 6. The Labute approximate surface area is 206 Å². The fraction of sp³-hybridized carbons (Fsp3) is 0.185. The summed E-state index contributed by atoms with van der Waals surface area (Å²) in [6.07, 6.45) is 1.99. The van der Waals surface area contributed by atoms with Gasteiger partial charge in [-0.2, -0.15) is 0 Å². The van der Waals surface area contributed by atoms with Crippen LogP contribution in [0.25, 0.3) is 11.0 Å². The van der Waals surface area contributed by atoms with E-state index in [1.54, 1.807) is 49.4 Å². The van der Waals surface area contributed by atoms with E-state index in [2.05, 4.69) is 10.6 Å². The molecule has 5 rings (SSSR count).